The van der Waals surface area contributed by atoms with Gasteiger partial charge in [-0.1, -0.05) is 6.07 Å². The molecule has 0 aliphatic carbocycles. The zero-order valence-corrected chi connectivity index (χ0v) is 9.88. The normalized spacial score (nSPS) is 7.73. The molecule has 1 aromatic rings. The summed E-state index contributed by atoms with van der Waals surface area (Å²) in [5.74, 6) is 0. The van der Waals surface area contributed by atoms with E-state index < -0.39 is 0 Å². The molecule has 1 rings (SSSR count). The van der Waals surface area contributed by atoms with Gasteiger partial charge in [-0.3, -0.25) is 4.98 Å². The largest absolute Gasteiger partial charge is 0.358 e. The Morgan fingerprint density at radius 3 is 2.64 bits per heavy atom. The Balaban J connectivity index is 0. The minimum absolute atomic E-state index is 0. The van der Waals surface area contributed by atoms with E-state index in [4.69, 9.17) is 0 Å². The van der Waals surface area contributed by atoms with E-state index >= 15 is 0 Å². The third-order valence-electron chi connectivity index (χ3n) is 1.08. The molecule has 0 unspecified atom stereocenters. The molecule has 0 fully saturated rings. The summed E-state index contributed by atoms with van der Waals surface area (Å²) in [6, 6.07) is 5.90. The quantitative estimate of drug-likeness (QED) is 0.767. The van der Waals surface area contributed by atoms with Gasteiger partial charge in [0.1, 0.15) is 0 Å². The molecule has 1 N–H and O–H groups in total. The second-order valence-electron chi connectivity index (χ2n) is 1.85. The first-order chi connectivity index (χ1) is 4.43. The molecule has 1 radical (unpaired) electrons. The van der Waals surface area contributed by atoms with Crippen molar-refractivity contribution >= 4 is 0 Å². The van der Waals surface area contributed by atoms with Crippen molar-refractivity contribution in [2.24, 2.45) is 0 Å². The van der Waals surface area contributed by atoms with Crippen molar-refractivity contribution in [1.29, 1.82) is 0 Å². The molecule has 0 saturated heterocycles. The van der Waals surface area contributed by atoms with Crippen LogP contribution >= 0.6 is 0 Å². The van der Waals surface area contributed by atoms with Crippen LogP contribution in [0.2, 0.25) is 0 Å². The average Bonchev–Trinajstić information content (AvgIpc) is 1.91. The Hall–Kier alpha value is 0.214. The van der Waals surface area contributed by atoms with Crippen LogP contribution in [-0.2, 0) is 39.3 Å². The van der Waals surface area contributed by atoms with Crippen molar-refractivity contribution in [3.8, 4) is 0 Å². The minimum Gasteiger partial charge on any atom is -0.358 e. The molecule has 0 saturated carbocycles. The van der Waals surface area contributed by atoms with Crippen LogP contribution in [0.4, 0.5) is 0 Å². The van der Waals surface area contributed by atoms with Crippen molar-refractivity contribution in [1.82, 2.24) is 10.3 Å². The Morgan fingerprint density at radius 1 is 1.45 bits per heavy atom. The summed E-state index contributed by atoms with van der Waals surface area (Å²) in [6.07, 6.45) is 1.80. The van der Waals surface area contributed by atoms with Gasteiger partial charge in [-0.25, -0.2) is 0 Å². The molecule has 3 heteroatoms. The predicted octanol–water partition coefficient (Wildman–Crippen LogP) is 1.25. The Morgan fingerprint density at radius 2 is 2.18 bits per heavy atom. The number of nitrogens with zero attached hydrogens (tertiary/aromatic N) is 1. The maximum absolute atomic E-state index is 4.11. The molecule has 0 aliphatic rings. The summed E-state index contributed by atoms with van der Waals surface area (Å²) in [7, 11) is 1.91. The van der Waals surface area contributed by atoms with E-state index in [1.165, 1.54) is 0 Å². The zero-order valence-electron chi connectivity index (χ0n) is 7.04. The predicted molar refractivity (Wildman–Crippen MR) is 43.4 cm³/mol. The molecular weight excluding hydrogens is 213 g/mol. The van der Waals surface area contributed by atoms with Gasteiger partial charge in [0.2, 0.25) is 0 Å². The second kappa shape index (κ2) is 8.31. The van der Waals surface area contributed by atoms with Gasteiger partial charge in [0.15, 0.2) is 0 Å². The van der Waals surface area contributed by atoms with Crippen molar-refractivity contribution in [2.75, 3.05) is 7.05 Å². The molecule has 11 heavy (non-hydrogen) atoms. The van der Waals surface area contributed by atoms with Crippen LogP contribution in [0.15, 0.2) is 24.4 Å². The molecule has 1 heterocycles. The SMILES string of the molecule is CNCc1ccccn1.[CH3-].[Y]. The number of hydrogen-bond donors (Lipinski definition) is 1. The van der Waals surface area contributed by atoms with Gasteiger partial charge in [-0.05, 0) is 19.2 Å². The van der Waals surface area contributed by atoms with Gasteiger partial charge < -0.3 is 12.7 Å². The smallest absolute Gasteiger partial charge is 0.0541 e. The van der Waals surface area contributed by atoms with E-state index in [0.29, 0.717) is 0 Å². The van der Waals surface area contributed by atoms with Gasteiger partial charge in [0.05, 0.1) is 5.69 Å². The van der Waals surface area contributed by atoms with Crippen LogP contribution in [0.1, 0.15) is 5.69 Å². The monoisotopic (exact) mass is 226 g/mol. The van der Waals surface area contributed by atoms with Crippen LogP contribution in [0.5, 0.6) is 0 Å². The van der Waals surface area contributed by atoms with Gasteiger partial charge in [0.25, 0.3) is 0 Å². The average molecular weight is 226 g/mol. The van der Waals surface area contributed by atoms with E-state index in [9.17, 15) is 0 Å². The maximum atomic E-state index is 4.11. The molecule has 0 amide bonds. The van der Waals surface area contributed by atoms with E-state index in [1.54, 1.807) is 6.20 Å². The molecule has 0 aromatic carbocycles. The summed E-state index contributed by atoms with van der Waals surface area (Å²) >= 11 is 0. The van der Waals surface area contributed by atoms with Gasteiger partial charge in [-0.15, -0.1) is 0 Å². The zero-order chi connectivity index (χ0) is 6.53. The third-order valence-corrected chi connectivity index (χ3v) is 1.08. The maximum Gasteiger partial charge on any atom is 0.0541 e. The topological polar surface area (TPSA) is 24.9 Å². The molecule has 0 spiro atoms. The Bertz CT molecular complexity index is 165. The standard InChI is InChI=1S/C7H10N2.CH3.Y/c1-8-6-7-4-2-3-5-9-7;;/h2-5,8H,6H2,1H3;1H3;/q;-1;. The minimum atomic E-state index is 0. The van der Waals surface area contributed by atoms with Crippen LogP contribution in [0, 0.1) is 7.43 Å². The number of nitrogens with one attached hydrogen (secondary N) is 1. The van der Waals surface area contributed by atoms with E-state index in [2.05, 4.69) is 10.3 Å². The van der Waals surface area contributed by atoms with Gasteiger partial charge >= 0.3 is 0 Å². The number of pyridine rings is 1. The number of hydrogen-bond acceptors (Lipinski definition) is 2. The Kier molecular flexibility index (Phi) is 10.4. The van der Waals surface area contributed by atoms with E-state index in [0.717, 1.165) is 12.2 Å². The van der Waals surface area contributed by atoms with Crippen molar-refractivity contribution in [2.45, 2.75) is 6.54 Å². The summed E-state index contributed by atoms with van der Waals surface area (Å²) in [5, 5.41) is 3.02. The first-order valence-corrected chi connectivity index (χ1v) is 2.98. The van der Waals surface area contributed by atoms with Gasteiger partial charge in [0, 0.05) is 45.5 Å². The van der Waals surface area contributed by atoms with Crippen LogP contribution in [0.3, 0.4) is 0 Å². The van der Waals surface area contributed by atoms with Crippen molar-refractivity contribution in [3.63, 3.8) is 0 Å². The van der Waals surface area contributed by atoms with Crippen LogP contribution in [-0.4, -0.2) is 12.0 Å². The number of rotatable bonds is 2. The molecule has 2 nitrogen and oxygen atoms in total. The van der Waals surface area contributed by atoms with Crippen molar-refractivity contribution < 1.29 is 32.7 Å². The van der Waals surface area contributed by atoms with Crippen molar-refractivity contribution in [3.05, 3.63) is 37.5 Å². The molecule has 59 valence electrons. The summed E-state index contributed by atoms with van der Waals surface area (Å²) in [6.45, 7) is 0.848. The van der Waals surface area contributed by atoms with Crippen LogP contribution < -0.4 is 5.32 Å². The van der Waals surface area contributed by atoms with E-state index in [1.807, 2.05) is 25.2 Å². The fourth-order valence-corrected chi connectivity index (χ4v) is 0.684. The summed E-state index contributed by atoms with van der Waals surface area (Å²) in [4.78, 5) is 4.11. The van der Waals surface area contributed by atoms with E-state index in [-0.39, 0.29) is 40.1 Å². The van der Waals surface area contributed by atoms with Crippen LogP contribution in [0.25, 0.3) is 0 Å². The molecule has 0 atom stereocenters. The molecule has 0 bridgehead atoms. The first kappa shape index (κ1) is 13.8. The Labute approximate surface area is 93.7 Å². The summed E-state index contributed by atoms with van der Waals surface area (Å²) < 4.78 is 0. The molecular formula is C8H13N2Y-. The fourth-order valence-electron chi connectivity index (χ4n) is 0.684. The summed E-state index contributed by atoms with van der Waals surface area (Å²) in [5.41, 5.74) is 1.08. The number of aromatic nitrogens is 1. The molecule has 0 aliphatic heterocycles. The molecule has 1 aromatic heterocycles. The van der Waals surface area contributed by atoms with Gasteiger partial charge in [-0.2, -0.15) is 0 Å². The second-order valence-corrected chi connectivity index (χ2v) is 1.85. The fraction of sp³-hybridized carbons (Fsp3) is 0.250. The first-order valence-electron chi connectivity index (χ1n) is 2.98. The third kappa shape index (κ3) is 5.48.